The quantitative estimate of drug-likeness (QED) is 0.654. The van der Waals surface area contributed by atoms with Crippen molar-refractivity contribution in [3.05, 3.63) is 65.9 Å². The van der Waals surface area contributed by atoms with Gasteiger partial charge in [-0.15, -0.1) is 0 Å². The molecule has 0 aliphatic rings. The number of anilines is 1. The summed E-state index contributed by atoms with van der Waals surface area (Å²) in [7, 11) is 0. The third-order valence-corrected chi connectivity index (χ3v) is 3.62. The van der Waals surface area contributed by atoms with E-state index in [1.165, 1.54) is 18.3 Å². The van der Waals surface area contributed by atoms with Crippen LogP contribution in [0, 0.1) is 23.3 Å². The van der Waals surface area contributed by atoms with Crippen molar-refractivity contribution in [2.45, 2.75) is 6.10 Å². The third kappa shape index (κ3) is 4.02. The van der Waals surface area contributed by atoms with E-state index in [1.54, 1.807) is 0 Å². The average molecular weight is 366 g/mol. The summed E-state index contributed by atoms with van der Waals surface area (Å²) in [5, 5.41) is 13.1. The number of hydrogen-bond acceptors (Lipinski definition) is 4. The largest absolute Gasteiger partial charge is 0.491 e. The molecule has 4 nitrogen and oxygen atoms in total. The van der Waals surface area contributed by atoms with E-state index in [0.29, 0.717) is 5.69 Å². The minimum Gasteiger partial charge on any atom is -0.491 e. The first-order valence-electron chi connectivity index (χ1n) is 7.67. The molecule has 1 atom stereocenters. The average Bonchev–Trinajstić information content (AvgIpc) is 2.61. The van der Waals surface area contributed by atoms with E-state index in [4.69, 9.17) is 4.74 Å². The number of nitrogens with one attached hydrogen (secondary N) is 1. The van der Waals surface area contributed by atoms with E-state index < -0.39 is 29.4 Å². The first-order valence-corrected chi connectivity index (χ1v) is 7.67. The number of aliphatic hydroxyl groups excluding tert-OH is 1. The van der Waals surface area contributed by atoms with Gasteiger partial charge in [0.15, 0.2) is 17.5 Å². The first-order chi connectivity index (χ1) is 12.4. The Morgan fingerprint density at radius 2 is 1.81 bits per heavy atom. The Morgan fingerprint density at radius 3 is 2.58 bits per heavy atom. The van der Waals surface area contributed by atoms with Crippen LogP contribution in [-0.4, -0.2) is 29.3 Å². The van der Waals surface area contributed by atoms with Gasteiger partial charge < -0.3 is 15.2 Å². The molecular formula is C18H14F4N2O2. The van der Waals surface area contributed by atoms with Crippen molar-refractivity contribution in [1.82, 2.24) is 4.98 Å². The van der Waals surface area contributed by atoms with Crippen LogP contribution in [0.25, 0.3) is 10.9 Å². The number of aromatic nitrogens is 1. The van der Waals surface area contributed by atoms with Gasteiger partial charge in [-0.05, 0) is 24.3 Å². The number of benzene rings is 2. The van der Waals surface area contributed by atoms with Crippen molar-refractivity contribution in [3.8, 4) is 5.75 Å². The number of fused-ring (bicyclic) bond motifs is 1. The highest BCUT2D eigenvalue weighted by molar-refractivity contribution is 5.91. The van der Waals surface area contributed by atoms with Gasteiger partial charge in [0, 0.05) is 35.9 Å². The molecule has 2 aromatic carbocycles. The van der Waals surface area contributed by atoms with Gasteiger partial charge in [-0.25, -0.2) is 17.6 Å². The van der Waals surface area contributed by atoms with Gasteiger partial charge in [0.1, 0.15) is 29.8 Å². The molecule has 0 spiro atoms. The fraction of sp³-hybridized carbons (Fsp3) is 0.167. The lowest BCUT2D eigenvalue weighted by molar-refractivity contribution is 0.117. The molecule has 0 bridgehead atoms. The highest BCUT2D eigenvalue weighted by atomic mass is 19.2. The Bertz CT molecular complexity index is 936. The van der Waals surface area contributed by atoms with Gasteiger partial charge in [0.05, 0.1) is 0 Å². The van der Waals surface area contributed by atoms with Gasteiger partial charge in [0.25, 0.3) is 0 Å². The predicted molar refractivity (Wildman–Crippen MR) is 88.0 cm³/mol. The zero-order valence-electron chi connectivity index (χ0n) is 13.3. The third-order valence-electron chi connectivity index (χ3n) is 3.62. The standard InChI is InChI=1S/C18H14F4N2O2/c19-10-5-13-17(3-4-23-18(13)16(22)6-10)24-8-11(25)9-26-12-1-2-14(20)15(21)7-12/h1-7,11,25H,8-9H2,(H,23,24). The summed E-state index contributed by atoms with van der Waals surface area (Å²) in [5.74, 6) is -3.51. The molecule has 1 unspecified atom stereocenters. The molecule has 3 rings (SSSR count). The van der Waals surface area contributed by atoms with Crippen LogP contribution in [0.4, 0.5) is 23.2 Å². The van der Waals surface area contributed by atoms with Crippen LogP contribution in [-0.2, 0) is 0 Å². The second kappa shape index (κ2) is 7.57. The van der Waals surface area contributed by atoms with Crippen molar-refractivity contribution in [2.75, 3.05) is 18.5 Å². The monoisotopic (exact) mass is 366 g/mol. The summed E-state index contributed by atoms with van der Waals surface area (Å²) in [6, 6.07) is 6.42. The number of rotatable bonds is 6. The van der Waals surface area contributed by atoms with Gasteiger partial charge in [-0.1, -0.05) is 0 Å². The minimum atomic E-state index is -1.05. The van der Waals surface area contributed by atoms with E-state index in [-0.39, 0.29) is 29.8 Å². The van der Waals surface area contributed by atoms with Crippen LogP contribution in [0.15, 0.2) is 42.6 Å². The van der Waals surface area contributed by atoms with Crippen molar-refractivity contribution in [2.24, 2.45) is 0 Å². The van der Waals surface area contributed by atoms with Crippen LogP contribution in [0.2, 0.25) is 0 Å². The van der Waals surface area contributed by atoms with Crippen LogP contribution in [0.1, 0.15) is 0 Å². The molecule has 0 saturated carbocycles. The SMILES string of the molecule is OC(CNc1ccnc2c(F)cc(F)cc12)COc1ccc(F)c(F)c1. The van der Waals surface area contributed by atoms with Crippen LogP contribution < -0.4 is 10.1 Å². The highest BCUT2D eigenvalue weighted by Crippen LogP contribution is 2.25. The van der Waals surface area contributed by atoms with Crippen LogP contribution in [0.5, 0.6) is 5.75 Å². The van der Waals surface area contributed by atoms with E-state index in [2.05, 4.69) is 10.3 Å². The number of hydrogen-bond donors (Lipinski definition) is 2. The highest BCUT2D eigenvalue weighted by Gasteiger charge is 2.11. The second-order valence-corrected chi connectivity index (χ2v) is 5.56. The predicted octanol–water partition coefficient (Wildman–Crippen LogP) is 3.64. The fourth-order valence-corrected chi connectivity index (χ4v) is 2.38. The van der Waals surface area contributed by atoms with Gasteiger partial charge in [0.2, 0.25) is 0 Å². The zero-order valence-corrected chi connectivity index (χ0v) is 13.3. The van der Waals surface area contributed by atoms with Crippen LogP contribution >= 0.6 is 0 Å². The smallest absolute Gasteiger partial charge is 0.162 e. The summed E-state index contributed by atoms with van der Waals surface area (Å²) in [6.45, 7) is -0.190. The van der Waals surface area contributed by atoms with E-state index in [1.807, 2.05) is 0 Å². The lowest BCUT2D eigenvalue weighted by Crippen LogP contribution is -2.26. The van der Waals surface area contributed by atoms with Gasteiger partial charge >= 0.3 is 0 Å². The Labute approximate surface area is 146 Å². The molecule has 136 valence electrons. The molecule has 1 aromatic heterocycles. The molecule has 0 saturated heterocycles. The molecule has 8 heteroatoms. The van der Waals surface area contributed by atoms with E-state index in [9.17, 15) is 22.7 Å². The molecule has 0 radical (unpaired) electrons. The molecular weight excluding hydrogens is 352 g/mol. The van der Waals surface area contributed by atoms with E-state index in [0.717, 1.165) is 24.3 Å². The summed E-state index contributed by atoms with van der Waals surface area (Å²) < 4.78 is 58.3. The van der Waals surface area contributed by atoms with Gasteiger partial charge in [-0.3, -0.25) is 4.98 Å². The summed E-state index contributed by atoms with van der Waals surface area (Å²) in [6.07, 6.45) is 0.347. The molecule has 0 fully saturated rings. The number of aliphatic hydroxyl groups is 1. The van der Waals surface area contributed by atoms with E-state index >= 15 is 0 Å². The minimum absolute atomic E-state index is 0.000915. The maximum Gasteiger partial charge on any atom is 0.162 e. The molecule has 0 amide bonds. The second-order valence-electron chi connectivity index (χ2n) is 5.56. The normalized spacial score (nSPS) is 12.2. The van der Waals surface area contributed by atoms with Crippen molar-refractivity contribution in [1.29, 1.82) is 0 Å². The summed E-state index contributed by atoms with van der Waals surface area (Å²) in [4.78, 5) is 3.87. The molecule has 3 aromatic rings. The molecule has 1 heterocycles. The fourth-order valence-electron chi connectivity index (χ4n) is 2.38. The van der Waals surface area contributed by atoms with Crippen molar-refractivity contribution in [3.63, 3.8) is 0 Å². The lowest BCUT2D eigenvalue weighted by atomic mass is 10.1. The zero-order chi connectivity index (χ0) is 18.7. The number of pyridine rings is 1. The topological polar surface area (TPSA) is 54.4 Å². The number of ether oxygens (including phenoxy) is 1. The van der Waals surface area contributed by atoms with Crippen molar-refractivity contribution >= 4 is 16.6 Å². The Balaban J connectivity index is 1.63. The maximum absolute atomic E-state index is 13.7. The molecule has 2 N–H and O–H groups in total. The Morgan fingerprint density at radius 1 is 1.00 bits per heavy atom. The number of nitrogens with zero attached hydrogens (tertiary/aromatic N) is 1. The molecule has 0 aliphatic carbocycles. The van der Waals surface area contributed by atoms with Gasteiger partial charge in [-0.2, -0.15) is 0 Å². The summed E-state index contributed by atoms with van der Waals surface area (Å²) >= 11 is 0. The number of halogens is 4. The maximum atomic E-state index is 13.7. The Kier molecular flexibility index (Phi) is 5.22. The lowest BCUT2D eigenvalue weighted by Gasteiger charge is -2.15. The Hall–Kier alpha value is -2.87. The first kappa shape index (κ1) is 17.9. The molecule has 26 heavy (non-hydrogen) atoms. The van der Waals surface area contributed by atoms with Crippen molar-refractivity contribution < 1.29 is 27.4 Å². The van der Waals surface area contributed by atoms with Crippen LogP contribution in [0.3, 0.4) is 0 Å². The summed E-state index contributed by atoms with van der Waals surface area (Å²) in [5.41, 5.74) is 0.393. The molecule has 0 aliphatic heterocycles.